The van der Waals surface area contributed by atoms with E-state index in [2.05, 4.69) is 10.3 Å². The van der Waals surface area contributed by atoms with E-state index in [-0.39, 0.29) is 24.5 Å². The van der Waals surface area contributed by atoms with Crippen molar-refractivity contribution in [1.82, 2.24) is 15.2 Å². The van der Waals surface area contributed by atoms with E-state index in [1.54, 1.807) is 12.1 Å². The first-order valence-electron chi connectivity index (χ1n) is 9.55. The first-order valence-corrected chi connectivity index (χ1v) is 9.55. The van der Waals surface area contributed by atoms with Crippen molar-refractivity contribution in [2.75, 3.05) is 13.2 Å². The number of hydrogen-bond acceptors (Lipinski definition) is 3. The molecule has 0 aromatic carbocycles. The van der Waals surface area contributed by atoms with Crippen LogP contribution in [0.1, 0.15) is 37.7 Å². The highest BCUT2D eigenvalue weighted by atomic mass is 19.4. The molecule has 5 nitrogen and oxygen atoms in total. The number of pyridine rings is 1. The maximum absolute atomic E-state index is 12.8. The first-order chi connectivity index (χ1) is 12.9. The molecule has 148 valence electrons. The van der Waals surface area contributed by atoms with Gasteiger partial charge in [0.25, 0.3) is 0 Å². The minimum absolute atomic E-state index is 0.0917. The van der Waals surface area contributed by atoms with E-state index >= 15 is 0 Å². The monoisotopic (exact) mass is 383 g/mol. The fourth-order valence-electron chi connectivity index (χ4n) is 5.14. The zero-order chi connectivity index (χ0) is 19.0. The van der Waals surface area contributed by atoms with E-state index in [1.807, 2.05) is 4.90 Å². The number of rotatable bonds is 4. The Bertz CT molecular complexity index is 683. The zero-order valence-corrected chi connectivity index (χ0v) is 15.0. The fourth-order valence-corrected chi connectivity index (χ4v) is 5.14. The quantitative estimate of drug-likeness (QED) is 0.862. The lowest BCUT2D eigenvalue weighted by Crippen LogP contribution is -2.47. The van der Waals surface area contributed by atoms with Gasteiger partial charge in [0.1, 0.15) is 0 Å². The summed E-state index contributed by atoms with van der Waals surface area (Å²) in [5.74, 6) is 1.97. The summed E-state index contributed by atoms with van der Waals surface area (Å²) in [5.41, 5.74) is 0.441. The van der Waals surface area contributed by atoms with Gasteiger partial charge in [-0.1, -0.05) is 6.07 Å². The molecule has 2 amide bonds. The Labute approximate surface area is 156 Å². The Morgan fingerprint density at radius 1 is 1.19 bits per heavy atom. The molecule has 1 N–H and O–H groups in total. The normalized spacial score (nSPS) is 29.5. The zero-order valence-electron chi connectivity index (χ0n) is 15.0. The number of nitrogens with zero attached hydrogens (tertiary/aromatic N) is 2. The number of halogens is 3. The summed E-state index contributed by atoms with van der Waals surface area (Å²) in [6.45, 7) is -0.516. The lowest BCUT2D eigenvalue weighted by molar-refractivity contribution is -0.154. The van der Waals surface area contributed by atoms with Crippen LogP contribution in [0, 0.1) is 17.8 Å². The Morgan fingerprint density at radius 2 is 1.89 bits per heavy atom. The van der Waals surface area contributed by atoms with E-state index in [0.29, 0.717) is 11.5 Å². The molecule has 8 heteroatoms. The molecule has 2 aliphatic carbocycles. The number of hydrogen-bond donors (Lipinski definition) is 1. The van der Waals surface area contributed by atoms with E-state index in [9.17, 15) is 18.0 Å². The molecule has 4 bridgehead atoms. The summed E-state index contributed by atoms with van der Waals surface area (Å²) in [6, 6.07) is 3.39. The predicted molar refractivity (Wildman–Crippen MR) is 92.1 cm³/mol. The van der Waals surface area contributed by atoms with Gasteiger partial charge in [0.05, 0.1) is 0 Å². The van der Waals surface area contributed by atoms with Gasteiger partial charge in [-0.3, -0.25) is 0 Å². The van der Waals surface area contributed by atoms with Crippen LogP contribution in [0.25, 0.3) is 0 Å². The summed E-state index contributed by atoms with van der Waals surface area (Å²) >= 11 is 0. The van der Waals surface area contributed by atoms with Crippen LogP contribution < -0.4 is 10.1 Å². The molecule has 0 radical (unpaired) electrons. The van der Waals surface area contributed by atoms with Crippen LogP contribution in [-0.2, 0) is 6.54 Å². The molecular weight excluding hydrogens is 359 g/mol. The van der Waals surface area contributed by atoms with Crippen LogP contribution in [0.3, 0.4) is 0 Å². The third-order valence-electron chi connectivity index (χ3n) is 6.02. The van der Waals surface area contributed by atoms with Crippen LogP contribution >= 0.6 is 0 Å². The average molecular weight is 383 g/mol. The predicted octanol–water partition coefficient (Wildman–Crippen LogP) is 3.74. The number of aromatic nitrogens is 1. The summed E-state index contributed by atoms with van der Waals surface area (Å²) < 4.78 is 42.0. The van der Waals surface area contributed by atoms with Gasteiger partial charge in [-0.15, -0.1) is 0 Å². The Balaban J connectivity index is 1.38. The smallest absolute Gasteiger partial charge is 0.422 e. The number of carbonyl (C=O) groups excluding carboxylic acids is 1. The lowest BCUT2D eigenvalue weighted by Gasteiger charge is -2.38. The molecule has 4 atom stereocenters. The number of fused-ring (bicyclic) bond motifs is 1. The molecular formula is C19H24F3N3O2. The Morgan fingerprint density at radius 3 is 2.59 bits per heavy atom. The second kappa shape index (κ2) is 7.20. The van der Waals surface area contributed by atoms with Crippen molar-refractivity contribution in [3.8, 4) is 5.88 Å². The van der Waals surface area contributed by atoms with Gasteiger partial charge in [0, 0.05) is 30.9 Å². The average Bonchev–Trinajstić information content (AvgIpc) is 2.81. The minimum Gasteiger partial charge on any atom is -0.468 e. The SMILES string of the molecule is O=C(NCc1cccnc1OCC(F)(F)F)N1CC2C[C@@H]3CC1C[C@H](C2)C3. The minimum atomic E-state index is -4.43. The van der Waals surface area contributed by atoms with Gasteiger partial charge in [-0.2, -0.15) is 13.2 Å². The number of nitrogens with one attached hydrogen (secondary N) is 1. The highest BCUT2D eigenvalue weighted by molar-refractivity contribution is 5.74. The largest absolute Gasteiger partial charge is 0.468 e. The highest BCUT2D eigenvalue weighted by Gasteiger charge is 2.44. The van der Waals surface area contributed by atoms with Crippen molar-refractivity contribution in [2.45, 2.75) is 50.9 Å². The molecule has 2 saturated heterocycles. The van der Waals surface area contributed by atoms with Crippen LogP contribution in [0.4, 0.5) is 18.0 Å². The first kappa shape index (κ1) is 18.4. The summed E-state index contributed by atoms with van der Waals surface area (Å²) in [6.07, 6.45) is 2.84. The maximum Gasteiger partial charge on any atom is 0.422 e. The second-order valence-corrected chi connectivity index (χ2v) is 8.11. The number of amides is 2. The van der Waals surface area contributed by atoms with Crippen LogP contribution in [0.15, 0.2) is 18.3 Å². The van der Waals surface area contributed by atoms with Gasteiger partial charge in [-0.25, -0.2) is 9.78 Å². The van der Waals surface area contributed by atoms with E-state index in [0.717, 1.165) is 31.2 Å². The molecule has 1 aromatic heterocycles. The fraction of sp³-hybridized carbons (Fsp3) is 0.684. The van der Waals surface area contributed by atoms with Gasteiger partial charge < -0.3 is 15.0 Å². The van der Waals surface area contributed by atoms with Gasteiger partial charge >= 0.3 is 12.2 Å². The topological polar surface area (TPSA) is 54.5 Å². The molecule has 0 spiro atoms. The third-order valence-corrected chi connectivity index (χ3v) is 6.02. The van der Waals surface area contributed by atoms with Gasteiger partial charge in [0.15, 0.2) is 6.61 Å². The summed E-state index contributed by atoms with van der Waals surface area (Å²) in [4.78, 5) is 18.6. The number of urea groups is 1. The summed E-state index contributed by atoms with van der Waals surface area (Å²) in [5, 5.41) is 2.86. The molecule has 2 aliphatic heterocycles. The van der Waals surface area contributed by atoms with Crippen LogP contribution in [0.2, 0.25) is 0 Å². The maximum atomic E-state index is 12.8. The van der Waals surface area contributed by atoms with Crippen molar-refractivity contribution < 1.29 is 22.7 Å². The lowest BCUT2D eigenvalue weighted by atomic mass is 9.68. The van der Waals surface area contributed by atoms with Crippen molar-refractivity contribution in [2.24, 2.45) is 17.8 Å². The van der Waals surface area contributed by atoms with Crippen molar-refractivity contribution >= 4 is 6.03 Å². The van der Waals surface area contributed by atoms with E-state index in [4.69, 9.17) is 4.74 Å². The molecule has 1 aromatic rings. The van der Waals surface area contributed by atoms with E-state index in [1.165, 1.54) is 25.5 Å². The number of ether oxygens (including phenoxy) is 1. The molecule has 4 aliphatic rings. The van der Waals surface area contributed by atoms with Crippen LogP contribution in [-0.4, -0.2) is 41.3 Å². The molecule has 5 rings (SSSR count). The summed E-state index contributed by atoms with van der Waals surface area (Å²) in [7, 11) is 0. The van der Waals surface area contributed by atoms with Crippen molar-refractivity contribution in [1.29, 1.82) is 0 Å². The molecule has 27 heavy (non-hydrogen) atoms. The Kier molecular flexibility index (Phi) is 4.90. The van der Waals surface area contributed by atoms with E-state index < -0.39 is 12.8 Å². The standard InChI is InChI=1S/C19H24F3N3O2/c20-19(21,22)11-27-17-15(2-1-3-23-17)9-24-18(26)25-10-14-5-12-4-13(6-14)8-16(25)7-12/h1-3,12-14,16H,4-11H2,(H,24,26)/t12-,13+,14?,16?. The highest BCUT2D eigenvalue weighted by Crippen LogP contribution is 2.47. The second-order valence-electron chi connectivity index (χ2n) is 8.11. The van der Waals surface area contributed by atoms with Gasteiger partial charge in [-0.05, 0) is 55.9 Å². The van der Waals surface area contributed by atoms with Gasteiger partial charge in [0.2, 0.25) is 5.88 Å². The van der Waals surface area contributed by atoms with Crippen LogP contribution in [0.5, 0.6) is 5.88 Å². The molecule has 3 heterocycles. The number of carbonyl (C=O) groups is 1. The number of alkyl halides is 3. The molecule has 2 unspecified atom stereocenters. The van der Waals surface area contributed by atoms with Crippen molar-refractivity contribution in [3.63, 3.8) is 0 Å². The molecule has 4 fully saturated rings. The Hall–Kier alpha value is -1.99. The third kappa shape index (κ3) is 4.30. The van der Waals surface area contributed by atoms with Crippen molar-refractivity contribution in [3.05, 3.63) is 23.9 Å². The molecule has 2 saturated carbocycles.